The smallest absolute Gasteiger partial charge is 0.229 e. The summed E-state index contributed by atoms with van der Waals surface area (Å²) < 4.78 is 2.03. The summed E-state index contributed by atoms with van der Waals surface area (Å²) in [5.74, 6) is 0.290. The number of hydrogen-bond acceptors (Lipinski definition) is 3. The van der Waals surface area contributed by atoms with Crippen LogP contribution in [0.15, 0.2) is 54.7 Å². The van der Waals surface area contributed by atoms with Crippen LogP contribution in [0, 0.1) is 0 Å². The molecule has 6 nitrogen and oxygen atoms in total. The van der Waals surface area contributed by atoms with Crippen LogP contribution in [0.25, 0.3) is 17.1 Å². The lowest BCUT2D eigenvalue weighted by Gasteiger charge is -2.32. The Kier molecular flexibility index (Phi) is 5.16. The van der Waals surface area contributed by atoms with Gasteiger partial charge >= 0.3 is 0 Å². The fourth-order valence-corrected chi connectivity index (χ4v) is 3.89. The van der Waals surface area contributed by atoms with Crippen LogP contribution in [0.5, 0.6) is 0 Å². The highest BCUT2D eigenvalue weighted by molar-refractivity contribution is 5.92. The summed E-state index contributed by atoms with van der Waals surface area (Å²) >= 11 is 0. The van der Waals surface area contributed by atoms with Crippen LogP contribution in [0.4, 0.5) is 5.95 Å². The van der Waals surface area contributed by atoms with Crippen LogP contribution in [0.3, 0.4) is 0 Å². The second-order valence-corrected chi connectivity index (χ2v) is 7.21. The third-order valence-electron chi connectivity index (χ3n) is 5.20. The number of aromatic nitrogens is 2. The summed E-state index contributed by atoms with van der Waals surface area (Å²) in [5, 5.41) is 2.97. The fraction of sp³-hybridized carbons (Fsp3) is 0.261. The van der Waals surface area contributed by atoms with Gasteiger partial charge < -0.3 is 9.47 Å². The lowest BCUT2D eigenvalue weighted by molar-refractivity contribution is -0.129. The van der Waals surface area contributed by atoms with Gasteiger partial charge in [0.25, 0.3) is 0 Å². The maximum Gasteiger partial charge on any atom is 0.229 e. The van der Waals surface area contributed by atoms with Crippen LogP contribution in [0.1, 0.15) is 43.9 Å². The van der Waals surface area contributed by atoms with E-state index in [0.717, 1.165) is 35.1 Å². The maximum absolute atomic E-state index is 13.0. The number of rotatable bonds is 5. The van der Waals surface area contributed by atoms with Crippen molar-refractivity contribution in [2.45, 2.75) is 39.3 Å². The number of carbonyl (C=O) groups excluding carboxylic acids is 2. The number of carbonyl (C=O) groups is 2. The van der Waals surface area contributed by atoms with E-state index in [9.17, 15) is 9.59 Å². The SMILES string of the molecule is CCCn1c(NC(=O)CC2c3ccccc3C=CN2C(C)=O)nc2ccccc21. The van der Waals surface area contributed by atoms with Crippen LogP contribution < -0.4 is 5.32 Å². The molecule has 0 spiro atoms. The normalized spacial score (nSPS) is 15.4. The molecule has 1 aliphatic heterocycles. The molecule has 0 saturated heterocycles. The van der Waals surface area contributed by atoms with Gasteiger partial charge in [0.05, 0.1) is 23.5 Å². The van der Waals surface area contributed by atoms with E-state index in [0.29, 0.717) is 5.95 Å². The molecule has 0 fully saturated rings. The average Bonchev–Trinajstić information content (AvgIpc) is 3.05. The molecule has 1 atom stereocenters. The van der Waals surface area contributed by atoms with Gasteiger partial charge in [-0.15, -0.1) is 0 Å². The van der Waals surface area contributed by atoms with Crippen molar-refractivity contribution >= 4 is 34.9 Å². The molecular weight excluding hydrogens is 364 g/mol. The Morgan fingerprint density at radius 1 is 1.10 bits per heavy atom. The molecule has 29 heavy (non-hydrogen) atoms. The fourth-order valence-electron chi connectivity index (χ4n) is 3.89. The highest BCUT2D eigenvalue weighted by Crippen LogP contribution is 2.33. The van der Waals surface area contributed by atoms with Crippen LogP contribution >= 0.6 is 0 Å². The van der Waals surface area contributed by atoms with Crippen molar-refractivity contribution in [2.75, 3.05) is 5.32 Å². The first-order chi connectivity index (χ1) is 14.1. The minimum atomic E-state index is -0.335. The highest BCUT2D eigenvalue weighted by atomic mass is 16.2. The Morgan fingerprint density at radius 2 is 1.86 bits per heavy atom. The largest absolute Gasteiger partial charge is 0.311 e. The van der Waals surface area contributed by atoms with Gasteiger partial charge in [0.2, 0.25) is 17.8 Å². The zero-order valence-electron chi connectivity index (χ0n) is 16.6. The molecule has 4 rings (SSSR count). The van der Waals surface area contributed by atoms with Gasteiger partial charge in [-0.25, -0.2) is 4.98 Å². The number of hydrogen-bond donors (Lipinski definition) is 1. The summed E-state index contributed by atoms with van der Waals surface area (Å²) in [6.45, 7) is 4.38. The molecule has 6 heteroatoms. The zero-order chi connectivity index (χ0) is 20.4. The summed E-state index contributed by atoms with van der Waals surface area (Å²) in [7, 11) is 0. The summed E-state index contributed by atoms with van der Waals surface area (Å²) in [4.78, 5) is 31.3. The van der Waals surface area contributed by atoms with E-state index in [1.54, 1.807) is 11.1 Å². The van der Waals surface area contributed by atoms with E-state index in [1.165, 1.54) is 6.92 Å². The minimum absolute atomic E-state index is 0.0909. The van der Waals surface area contributed by atoms with Gasteiger partial charge in [0.1, 0.15) is 0 Å². The first-order valence-corrected chi connectivity index (χ1v) is 9.89. The minimum Gasteiger partial charge on any atom is -0.311 e. The topological polar surface area (TPSA) is 67.2 Å². The second kappa shape index (κ2) is 7.91. The van der Waals surface area contributed by atoms with Gasteiger partial charge in [0.15, 0.2) is 0 Å². The summed E-state index contributed by atoms with van der Waals surface area (Å²) in [6, 6.07) is 15.4. The first-order valence-electron chi connectivity index (χ1n) is 9.89. The van der Waals surface area contributed by atoms with E-state index in [4.69, 9.17) is 0 Å². The van der Waals surface area contributed by atoms with Gasteiger partial charge in [-0.05, 0) is 35.8 Å². The molecule has 0 bridgehead atoms. The van der Waals surface area contributed by atoms with Crippen molar-refractivity contribution in [3.63, 3.8) is 0 Å². The molecule has 3 aromatic rings. The molecule has 1 unspecified atom stereocenters. The Labute approximate surface area is 169 Å². The van der Waals surface area contributed by atoms with Crippen LogP contribution in [-0.4, -0.2) is 26.3 Å². The molecule has 1 N–H and O–H groups in total. The Balaban J connectivity index is 1.61. The predicted octanol–water partition coefficient (Wildman–Crippen LogP) is 4.35. The molecule has 1 aromatic heterocycles. The number of fused-ring (bicyclic) bond motifs is 2. The average molecular weight is 388 g/mol. The number of amides is 2. The van der Waals surface area contributed by atoms with Crippen LogP contribution in [-0.2, 0) is 16.1 Å². The Morgan fingerprint density at radius 3 is 2.66 bits per heavy atom. The van der Waals surface area contributed by atoms with E-state index < -0.39 is 0 Å². The first kappa shape index (κ1) is 18.9. The predicted molar refractivity (Wildman–Crippen MR) is 114 cm³/mol. The van der Waals surface area contributed by atoms with Gasteiger partial charge in [0, 0.05) is 19.7 Å². The second-order valence-electron chi connectivity index (χ2n) is 7.21. The molecule has 2 amide bonds. The van der Waals surface area contributed by atoms with E-state index in [2.05, 4.69) is 17.2 Å². The summed E-state index contributed by atoms with van der Waals surface area (Å²) in [5.41, 5.74) is 3.86. The zero-order valence-corrected chi connectivity index (χ0v) is 16.6. The van der Waals surface area contributed by atoms with Gasteiger partial charge in [-0.2, -0.15) is 0 Å². The molecule has 2 heterocycles. The molecule has 1 aliphatic rings. The number of nitrogens with one attached hydrogen (secondary N) is 1. The lowest BCUT2D eigenvalue weighted by atomic mass is 9.93. The van der Waals surface area contributed by atoms with E-state index in [-0.39, 0.29) is 24.3 Å². The van der Waals surface area contributed by atoms with E-state index >= 15 is 0 Å². The Hall–Kier alpha value is -3.41. The van der Waals surface area contributed by atoms with Crippen molar-refractivity contribution in [1.29, 1.82) is 0 Å². The van der Waals surface area contributed by atoms with Crippen molar-refractivity contribution in [3.8, 4) is 0 Å². The number of nitrogens with zero attached hydrogens (tertiary/aromatic N) is 3. The Bertz CT molecular complexity index is 1100. The molecular formula is C23H24N4O2. The van der Waals surface area contributed by atoms with Crippen LogP contribution in [0.2, 0.25) is 0 Å². The third-order valence-corrected chi connectivity index (χ3v) is 5.20. The molecule has 0 aliphatic carbocycles. The molecule has 2 aromatic carbocycles. The van der Waals surface area contributed by atoms with Gasteiger partial charge in [-0.3, -0.25) is 14.9 Å². The number of anilines is 1. The van der Waals surface area contributed by atoms with Gasteiger partial charge in [-0.1, -0.05) is 43.3 Å². The van der Waals surface area contributed by atoms with Crippen molar-refractivity contribution in [3.05, 3.63) is 65.9 Å². The molecule has 148 valence electrons. The van der Waals surface area contributed by atoms with Crippen molar-refractivity contribution in [2.24, 2.45) is 0 Å². The summed E-state index contributed by atoms with van der Waals surface area (Å²) in [6.07, 6.45) is 4.76. The van der Waals surface area contributed by atoms with Crippen molar-refractivity contribution in [1.82, 2.24) is 14.5 Å². The molecule has 0 radical (unpaired) electrons. The highest BCUT2D eigenvalue weighted by Gasteiger charge is 2.28. The maximum atomic E-state index is 13.0. The number of aryl methyl sites for hydroxylation is 1. The van der Waals surface area contributed by atoms with Crippen molar-refractivity contribution < 1.29 is 9.59 Å². The monoisotopic (exact) mass is 388 g/mol. The molecule has 0 saturated carbocycles. The number of imidazole rings is 1. The third kappa shape index (κ3) is 3.66. The standard InChI is InChI=1S/C23H24N4O2/c1-3-13-27-20-11-7-6-10-19(20)24-23(27)25-22(29)15-21-18-9-5-4-8-17(18)12-14-26(21)16(2)28/h4-12,14,21H,3,13,15H2,1-2H3,(H,24,25,29). The number of para-hydroxylation sites is 2. The lowest BCUT2D eigenvalue weighted by Crippen LogP contribution is -2.33. The van der Waals surface area contributed by atoms with E-state index in [1.807, 2.05) is 59.2 Å². The quantitative estimate of drug-likeness (QED) is 0.707. The number of benzene rings is 2.